The van der Waals surface area contributed by atoms with Crippen molar-refractivity contribution < 1.29 is 9.53 Å². The first-order valence-corrected chi connectivity index (χ1v) is 10.7. The van der Waals surface area contributed by atoms with Crippen LogP contribution in [-0.2, 0) is 9.53 Å². The molecule has 24 heavy (non-hydrogen) atoms. The van der Waals surface area contributed by atoms with Crippen LogP contribution in [0.1, 0.15) is 110 Å². The summed E-state index contributed by atoms with van der Waals surface area (Å²) in [5, 5.41) is 0. The fourth-order valence-electron chi connectivity index (χ4n) is 3.94. The van der Waals surface area contributed by atoms with Crippen LogP contribution in [0.15, 0.2) is 0 Å². The highest BCUT2D eigenvalue weighted by molar-refractivity contribution is 5.69. The molecule has 0 amide bonds. The van der Waals surface area contributed by atoms with Gasteiger partial charge in [0.15, 0.2) is 0 Å². The lowest BCUT2D eigenvalue weighted by Gasteiger charge is -2.25. The molecule has 0 spiro atoms. The molecule has 0 heterocycles. The molecule has 141 valence electrons. The predicted molar refractivity (Wildman–Crippen MR) is 103 cm³/mol. The van der Waals surface area contributed by atoms with E-state index in [2.05, 4.69) is 13.8 Å². The SMILES string of the molecule is [CH2]CC1CCCCCC(CCCCCCOC(=O)CCCCC)C1. The van der Waals surface area contributed by atoms with E-state index in [1.54, 1.807) is 0 Å². The zero-order valence-electron chi connectivity index (χ0n) is 16.2. The van der Waals surface area contributed by atoms with Crippen LogP contribution in [0, 0.1) is 18.8 Å². The highest BCUT2D eigenvalue weighted by atomic mass is 16.5. The quantitative estimate of drug-likeness (QED) is 0.287. The number of carbonyl (C=O) groups is 1. The molecule has 2 unspecified atom stereocenters. The van der Waals surface area contributed by atoms with Crippen molar-refractivity contribution in [3.63, 3.8) is 0 Å². The zero-order valence-corrected chi connectivity index (χ0v) is 16.2. The second-order valence-electron chi connectivity index (χ2n) is 7.77. The number of carbonyl (C=O) groups excluding carboxylic acids is 1. The van der Waals surface area contributed by atoms with E-state index in [1.807, 2.05) is 0 Å². The Morgan fingerprint density at radius 2 is 1.71 bits per heavy atom. The van der Waals surface area contributed by atoms with Gasteiger partial charge >= 0.3 is 5.97 Å². The molecule has 0 aliphatic heterocycles. The van der Waals surface area contributed by atoms with Gasteiger partial charge in [0.05, 0.1) is 6.61 Å². The fraction of sp³-hybridized carbons (Fsp3) is 0.909. The zero-order chi connectivity index (χ0) is 17.5. The first kappa shape index (κ1) is 21.5. The average molecular weight is 338 g/mol. The smallest absolute Gasteiger partial charge is 0.305 e. The van der Waals surface area contributed by atoms with Crippen LogP contribution in [0.25, 0.3) is 0 Å². The Labute approximate surface area is 151 Å². The molecule has 1 fully saturated rings. The first-order valence-electron chi connectivity index (χ1n) is 10.7. The molecule has 1 aliphatic rings. The van der Waals surface area contributed by atoms with E-state index in [9.17, 15) is 4.79 Å². The van der Waals surface area contributed by atoms with Crippen LogP contribution in [0.5, 0.6) is 0 Å². The van der Waals surface area contributed by atoms with Crippen LogP contribution in [0.4, 0.5) is 0 Å². The van der Waals surface area contributed by atoms with Crippen LogP contribution >= 0.6 is 0 Å². The summed E-state index contributed by atoms with van der Waals surface area (Å²) >= 11 is 0. The number of esters is 1. The number of hydrogen-bond donors (Lipinski definition) is 0. The van der Waals surface area contributed by atoms with Crippen LogP contribution in [0.3, 0.4) is 0 Å². The van der Waals surface area contributed by atoms with Crippen molar-refractivity contribution in [2.24, 2.45) is 11.8 Å². The van der Waals surface area contributed by atoms with E-state index in [4.69, 9.17) is 4.74 Å². The van der Waals surface area contributed by atoms with Gasteiger partial charge < -0.3 is 4.74 Å². The maximum absolute atomic E-state index is 11.5. The third-order valence-electron chi connectivity index (χ3n) is 5.55. The molecule has 0 N–H and O–H groups in total. The molecule has 1 aliphatic carbocycles. The topological polar surface area (TPSA) is 26.3 Å². The molecular formula is C22H41O2. The van der Waals surface area contributed by atoms with Gasteiger partial charge in [-0.25, -0.2) is 0 Å². The molecule has 0 aromatic carbocycles. The fourth-order valence-corrected chi connectivity index (χ4v) is 3.94. The highest BCUT2D eigenvalue weighted by Gasteiger charge is 2.17. The predicted octanol–water partition coefficient (Wildman–Crippen LogP) is 6.87. The number of unbranched alkanes of at least 4 members (excludes halogenated alkanes) is 5. The Morgan fingerprint density at radius 3 is 2.46 bits per heavy atom. The van der Waals surface area contributed by atoms with Gasteiger partial charge in [0, 0.05) is 6.42 Å². The number of ether oxygens (including phenoxy) is 1. The summed E-state index contributed by atoms with van der Waals surface area (Å²) in [5.41, 5.74) is 0. The molecule has 2 heteroatoms. The average Bonchev–Trinajstić information content (AvgIpc) is 2.56. The Balaban J connectivity index is 1.97. The summed E-state index contributed by atoms with van der Waals surface area (Å²) in [5.74, 6) is 1.81. The minimum Gasteiger partial charge on any atom is -0.466 e. The molecule has 1 rings (SSSR count). The van der Waals surface area contributed by atoms with E-state index < -0.39 is 0 Å². The molecule has 1 saturated carbocycles. The first-order chi connectivity index (χ1) is 11.8. The van der Waals surface area contributed by atoms with Crippen LogP contribution in [-0.4, -0.2) is 12.6 Å². The van der Waals surface area contributed by atoms with E-state index in [-0.39, 0.29) is 5.97 Å². The van der Waals surface area contributed by atoms with Crippen LogP contribution in [0.2, 0.25) is 0 Å². The third kappa shape index (κ3) is 11.1. The summed E-state index contributed by atoms with van der Waals surface area (Å²) < 4.78 is 5.30. The third-order valence-corrected chi connectivity index (χ3v) is 5.55. The molecule has 2 nitrogen and oxygen atoms in total. The van der Waals surface area contributed by atoms with E-state index in [0.717, 1.165) is 43.9 Å². The largest absolute Gasteiger partial charge is 0.466 e. The van der Waals surface area contributed by atoms with E-state index >= 15 is 0 Å². The molecule has 0 saturated heterocycles. The maximum Gasteiger partial charge on any atom is 0.305 e. The molecule has 2 atom stereocenters. The normalized spacial score (nSPS) is 21.9. The van der Waals surface area contributed by atoms with Gasteiger partial charge in [-0.3, -0.25) is 4.79 Å². The Bertz CT molecular complexity index is 300. The summed E-state index contributed by atoms with van der Waals surface area (Å²) in [6, 6.07) is 0. The Hall–Kier alpha value is -0.530. The van der Waals surface area contributed by atoms with E-state index in [1.165, 1.54) is 64.2 Å². The summed E-state index contributed by atoms with van der Waals surface area (Å²) in [7, 11) is 0. The lowest BCUT2D eigenvalue weighted by Crippen LogP contribution is -2.12. The minimum atomic E-state index is -0.00260. The van der Waals surface area contributed by atoms with Crippen molar-refractivity contribution in [3.05, 3.63) is 6.92 Å². The second-order valence-corrected chi connectivity index (χ2v) is 7.77. The number of rotatable bonds is 12. The lowest BCUT2D eigenvalue weighted by molar-refractivity contribution is -0.143. The summed E-state index contributed by atoms with van der Waals surface area (Å²) in [4.78, 5) is 11.5. The summed E-state index contributed by atoms with van der Waals surface area (Å²) in [6.45, 7) is 6.92. The molecular weight excluding hydrogens is 296 g/mol. The van der Waals surface area contributed by atoms with Gasteiger partial charge in [0.25, 0.3) is 0 Å². The lowest BCUT2D eigenvalue weighted by atomic mass is 9.81. The monoisotopic (exact) mass is 337 g/mol. The van der Waals surface area contributed by atoms with Gasteiger partial charge in [-0.05, 0) is 31.1 Å². The molecule has 0 aromatic heterocycles. The van der Waals surface area contributed by atoms with Crippen molar-refractivity contribution >= 4 is 5.97 Å². The Morgan fingerprint density at radius 1 is 0.958 bits per heavy atom. The van der Waals surface area contributed by atoms with Gasteiger partial charge in [-0.2, -0.15) is 0 Å². The van der Waals surface area contributed by atoms with Crippen molar-refractivity contribution in [2.75, 3.05) is 6.61 Å². The van der Waals surface area contributed by atoms with Gasteiger partial charge in [0.2, 0.25) is 0 Å². The van der Waals surface area contributed by atoms with Crippen molar-refractivity contribution in [1.29, 1.82) is 0 Å². The van der Waals surface area contributed by atoms with Crippen molar-refractivity contribution in [1.82, 2.24) is 0 Å². The highest BCUT2D eigenvalue weighted by Crippen LogP contribution is 2.31. The van der Waals surface area contributed by atoms with E-state index in [0.29, 0.717) is 13.0 Å². The Kier molecular flexibility index (Phi) is 13.3. The van der Waals surface area contributed by atoms with Crippen molar-refractivity contribution in [3.8, 4) is 0 Å². The van der Waals surface area contributed by atoms with Crippen molar-refractivity contribution in [2.45, 2.75) is 110 Å². The summed E-state index contributed by atoms with van der Waals surface area (Å²) in [6.07, 6.45) is 19.8. The van der Waals surface area contributed by atoms with Gasteiger partial charge in [0.1, 0.15) is 0 Å². The molecule has 0 aromatic rings. The second kappa shape index (κ2) is 14.8. The molecule has 1 radical (unpaired) electrons. The maximum atomic E-state index is 11.5. The standard InChI is InChI=1S/C22H41O2/c1-3-5-9-17-22(23)24-18-13-7-6-10-15-21-16-12-8-11-14-20(4-2)19-21/h20-21H,2-19H2,1H3. The molecule has 0 bridgehead atoms. The van der Waals surface area contributed by atoms with Gasteiger partial charge in [-0.15, -0.1) is 0 Å². The minimum absolute atomic E-state index is 0.00260. The van der Waals surface area contributed by atoms with Crippen LogP contribution < -0.4 is 0 Å². The number of hydrogen-bond acceptors (Lipinski definition) is 2. The van der Waals surface area contributed by atoms with Gasteiger partial charge in [-0.1, -0.05) is 90.9 Å².